The van der Waals surface area contributed by atoms with Crippen LogP contribution in [-0.4, -0.2) is 24.0 Å². The molecule has 82 valence electrons. The number of hydrogen-bond donors (Lipinski definition) is 1. The van der Waals surface area contributed by atoms with E-state index >= 15 is 0 Å². The number of benzene rings is 1. The lowest BCUT2D eigenvalue weighted by Crippen LogP contribution is -2.33. The van der Waals surface area contributed by atoms with Crippen LogP contribution in [0.2, 0.25) is 0 Å². The molecule has 0 radical (unpaired) electrons. The van der Waals surface area contributed by atoms with Gasteiger partial charge in [-0.25, -0.2) is 0 Å². The molecule has 1 aliphatic heterocycles. The van der Waals surface area contributed by atoms with Gasteiger partial charge >= 0.3 is 0 Å². The second kappa shape index (κ2) is 5.04. The predicted octanol–water partition coefficient (Wildman–Crippen LogP) is 3.14. The molecule has 1 aromatic carbocycles. The summed E-state index contributed by atoms with van der Waals surface area (Å²) < 4.78 is 0. The molecule has 0 spiro atoms. The minimum absolute atomic E-state index is 0.337. The van der Waals surface area contributed by atoms with Gasteiger partial charge in [-0.15, -0.1) is 0 Å². The topological polar surface area (TPSA) is 3.24 Å². The average Bonchev–Trinajstić information content (AvgIpc) is 2.82. The van der Waals surface area contributed by atoms with Gasteiger partial charge < -0.3 is 0 Å². The fraction of sp³-hybridized carbons (Fsp3) is 0.538. The van der Waals surface area contributed by atoms with E-state index in [4.69, 9.17) is 12.6 Å². The second-order valence-electron chi connectivity index (χ2n) is 4.34. The van der Waals surface area contributed by atoms with Crippen molar-refractivity contribution in [2.24, 2.45) is 0 Å². The Bertz CT molecular complexity index is 293. The van der Waals surface area contributed by atoms with Gasteiger partial charge in [-0.05, 0) is 38.4 Å². The van der Waals surface area contributed by atoms with E-state index < -0.39 is 0 Å². The molecule has 2 atom stereocenters. The number of rotatable bonds is 3. The molecule has 0 saturated carbocycles. The highest BCUT2D eigenvalue weighted by atomic mass is 32.1. The summed E-state index contributed by atoms with van der Waals surface area (Å²) >= 11 is 4.75. The van der Waals surface area contributed by atoms with E-state index in [-0.39, 0.29) is 0 Å². The first-order valence-electron chi connectivity index (χ1n) is 5.76. The lowest BCUT2D eigenvalue weighted by Gasteiger charge is -2.28. The molecule has 2 rings (SSSR count). The van der Waals surface area contributed by atoms with Crippen LogP contribution in [0, 0.1) is 0 Å². The van der Waals surface area contributed by atoms with Crippen molar-refractivity contribution in [3.05, 3.63) is 35.9 Å². The molecule has 0 aliphatic carbocycles. The molecule has 1 saturated heterocycles. The van der Waals surface area contributed by atoms with E-state index in [0.717, 1.165) is 0 Å². The second-order valence-corrected chi connectivity index (χ2v) is 4.90. The van der Waals surface area contributed by atoms with Crippen molar-refractivity contribution >= 4 is 12.6 Å². The van der Waals surface area contributed by atoms with Crippen LogP contribution in [0.25, 0.3) is 0 Å². The molecule has 0 amide bonds. The third-order valence-corrected chi connectivity index (χ3v) is 4.04. The smallest absolute Gasteiger partial charge is 0.0419 e. The fourth-order valence-corrected chi connectivity index (χ4v) is 2.64. The molecule has 0 unspecified atom stereocenters. The highest BCUT2D eigenvalue weighted by molar-refractivity contribution is 7.80. The maximum absolute atomic E-state index is 4.75. The number of hydrogen-bond acceptors (Lipinski definition) is 2. The molecule has 15 heavy (non-hydrogen) atoms. The van der Waals surface area contributed by atoms with Crippen LogP contribution in [0.5, 0.6) is 0 Å². The number of likely N-dealkylation sites (tertiary alicyclic amines) is 1. The molecule has 0 bridgehead atoms. The molecule has 1 fully saturated rings. The molecular weight excluding hydrogens is 202 g/mol. The van der Waals surface area contributed by atoms with Gasteiger partial charge in [-0.3, -0.25) is 4.90 Å². The van der Waals surface area contributed by atoms with Crippen LogP contribution in [0.15, 0.2) is 30.3 Å². The average molecular weight is 221 g/mol. The van der Waals surface area contributed by atoms with Crippen molar-refractivity contribution in [1.29, 1.82) is 0 Å². The Morgan fingerprint density at radius 2 is 1.73 bits per heavy atom. The summed E-state index contributed by atoms with van der Waals surface area (Å²) in [6.45, 7) is 4.77. The summed E-state index contributed by atoms with van der Waals surface area (Å²) in [5.41, 5.74) is 1.33. The molecule has 1 heterocycles. The minimum Gasteiger partial charge on any atom is -0.299 e. The first kappa shape index (κ1) is 11.0. The van der Waals surface area contributed by atoms with E-state index in [9.17, 15) is 0 Å². The largest absolute Gasteiger partial charge is 0.299 e. The van der Waals surface area contributed by atoms with Gasteiger partial charge in [0.1, 0.15) is 0 Å². The zero-order valence-corrected chi connectivity index (χ0v) is 10.2. The van der Waals surface area contributed by atoms with Gasteiger partial charge in [0.2, 0.25) is 0 Å². The van der Waals surface area contributed by atoms with E-state index in [1.54, 1.807) is 0 Å². The quantitative estimate of drug-likeness (QED) is 0.767. The summed E-state index contributed by atoms with van der Waals surface area (Å²) in [5.74, 6) is 0. The normalized spacial score (nSPS) is 21.5. The standard InChI is InChI=1S/C13H19NS/c1-11(14-9-5-6-10-14)13(15)12-7-3-2-4-8-12/h2-4,7-8,11,13,15H,5-6,9-10H2,1H3/t11-,13-/m0/s1. The van der Waals surface area contributed by atoms with Crippen LogP contribution in [0.4, 0.5) is 0 Å². The maximum atomic E-state index is 4.75. The summed E-state index contributed by atoms with van der Waals surface area (Å²) in [7, 11) is 0. The molecule has 0 N–H and O–H groups in total. The van der Waals surface area contributed by atoms with E-state index in [2.05, 4.69) is 42.2 Å². The molecule has 1 nitrogen and oxygen atoms in total. The van der Waals surface area contributed by atoms with E-state index in [1.165, 1.54) is 31.5 Å². The molecule has 0 aromatic heterocycles. The Hall–Kier alpha value is -0.470. The van der Waals surface area contributed by atoms with Crippen molar-refractivity contribution in [2.45, 2.75) is 31.1 Å². The zero-order valence-electron chi connectivity index (χ0n) is 9.26. The predicted molar refractivity (Wildman–Crippen MR) is 68.4 cm³/mol. The Labute approximate surface area is 97.9 Å². The van der Waals surface area contributed by atoms with Crippen LogP contribution >= 0.6 is 12.6 Å². The van der Waals surface area contributed by atoms with Crippen molar-refractivity contribution in [2.75, 3.05) is 13.1 Å². The van der Waals surface area contributed by atoms with E-state index in [0.29, 0.717) is 11.3 Å². The van der Waals surface area contributed by atoms with Gasteiger partial charge in [0, 0.05) is 11.3 Å². The SMILES string of the molecule is C[C@@H]([C@H](S)c1ccccc1)N1CCCC1. The van der Waals surface area contributed by atoms with Crippen LogP contribution in [-0.2, 0) is 0 Å². The lowest BCUT2D eigenvalue weighted by atomic mass is 10.1. The van der Waals surface area contributed by atoms with Crippen molar-refractivity contribution < 1.29 is 0 Å². The maximum Gasteiger partial charge on any atom is 0.0419 e. The molecule has 2 heteroatoms. The van der Waals surface area contributed by atoms with Gasteiger partial charge in [0.15, 0.2) is 0 Å². The number of thiol groups is 1. The van der Waals surface area contributed by atoms with Gasteiger partial charge in [0.05, 0.1) is 0 Å². The summed E-state index contributed by atoms with van der Waals surface area (Å²) in [5, 5.41) is 0.337. The Balaban J connectivity index is 2.03. The fourth-order valence-electron chi connectivity index (χ4n) is 2.28. The Morgan fingerprint density at radius 3 is 2.33 bits per heavy atom. The monoisotopic (exact) mass is 221 g/mol. The molecule has 1 aromatic rings. The van der Waals surface area contributed by atoms with Gasteiger partial charge in [0.25, 0.3) is 0 Å². The van der Waals surface area contributed by atoms with Gasteiger partial charge in [-0.1, -0.05) is 30.3 Å². The first-order chi connectivity index (χ1) is 7.29. The Kier molecular flexibility index (Phi) is 3.71. The zero-order chi connectivity index (χ0) is 10.7. The summed E-state index contributed by atoms with van der Waals surface area (Å²) in [6, 6.07) is 11.1. The van der Waals surface area contributed by atoms with Crippen LogP contribution < -0.4 is 0 Å². The third-order valence-electron chi connectivity index (χ3n) is 3.31. The van der Waals surface area contributed by atoms with E-state index in [1.807, 2.05) is 0 Å². The van der Waals surface area contributed by atoms with Crippen LogP contribution in [0.3, 0.4) is 0 Å². The summed E-state index contributed by atoms with van der Waals surface area (Å²) in [6.07, 6.45) is 2.69. The van der Waals surface area contributed by atoms with Crippen LogP contribution in [0.1, 0.15) is 30.6 Å². The summed E-state index contributed by atoms with van der Waals surface area (Å²) in [4.78, 5) is 2.55. The highest BCUT2D eigenvalue weighted by Gasteiger charge is 2.24. The Morgan fingerprint density at radius 1 is 1.13 bits per heavy atom. The first-order valence-corrected chi connectivity index (χ1v) is 6.28. The third kappa shape index (κ3) is 2.56. The molecular formula is C13H19NS. The molecule has 1 aliphatic rings. The number of nitrogens with zero attached hydrogens (tertiary/aromatic N) is 1. The lowest BCUT2D eigenvalue weighted by molar-refractivity contribution is 0.255. The highest BCUT2D eigenvalue weighted by Crippen LogP contribution is 2.28. The van der Waals surface area contributed by atoms with Gasteiger partial charge in [-0.2, -0.15) is 12.6 Å². The minimum atomic E-state index is 0.337. The van der Waals surface area contributed by atoms with Crippen molar-refractivity contribution in [3.63, 3.8) is 0 Å². The van der Waals surface area contributed by atoms with Crippen molar-refractivity contribution in [3.8, 4) is 0 Å². The van der Waals surface area contributed by atoms with Crippen molar-refractivity contribution in [1.82, 2.24) is 4.90 Å².